The second kappa shape index (κ2) is 8.93. The number of hydrogen-bond donors (Lipinski definition) is 0. The van der Waals surface area contributed by atoms with E-state index in [1.807, 2.05) is 49.3 Å². The Kier molecular flexibility index (Phi) is 6.90. The first-order chi connectivity index (χ1) is 12.3. The molecule has 0 fully saturated rings. The largest absolute Gasteiger partial charge is 0.310 e. The van der Waals surface area contributed by atoms with E-state index in [0.717, 1.165) is 9.99 Å². The number of carbonyl (C=O) groups excluding carboxylic acids is 1. The van der Waals surface area contributed by atoms with Gasteiger partial charge >= 0.3 is 0 Å². The minimum atomic E-state index is -3.71. The monoisotopic (exact) mass is 375 g/mol. The number of nitrogens with zero attached hydrogens (tertiary/aromatic N) is 3. The molecule has 0 N–H and O–H groups in total. The van der Waals surface area contributed by atoms with Crippen molar-refractivity contribution >= 4 is 21.6 Å². The van der Waals surface area contributed by atoms with Crippen molar-refractivity contribution in [1.29, 1.82) is 0 Å². The first kappa shape index (κ1) is 20.1. The van der Waals surface area contributed by atoms with E-state index in [2.05, 4.69) is 0 Å². The van der Waals surface area contributed by atoms with Crippen LogP contribution in [0.5, 0.6) is 0 Å². The molecule has 0 heterocycles. The molecule has 2 aromatic rings. The summed E-state index contributed by atoms with van der Waals surface area (Å²) in [6.07, 6.45) is 0. The zero-order chi connectivity index (χ0) is 19.2. The van der Waals surface area contributed by atoms with E-state index in [1.54, 1.807) is 23.1 Å². The van der Waals surface area contributed by atoms with Crippen molar-refractivity contribution in [2.24, 2.45) is 0 Å². The summed E-state index contributed by atoms with van der Waals surface area (Å²) in [7, 11) is 1.58. The van der Waals surface area contributed by atoms with Gasteiger partial charge in [0, 0.05) is 25.8 Å². The zero-order valence-corrected chi connectivity index (χ0v) is 16.2. The Morgan fingerprint density at radius 3 is 1.92 bits per heavy atom. The van der Waals surface area contributed by atoms with Crippen LogP contribution in [0.2, 0.25) is 0 Å². The predicted octanol–water partition coefficient (Wildman–Crippen LogP) is 1.90. The first-order valence-electron chi connectivity index (χ1n) is 8.34. The quantitative estimate of drug-likeness (QED) is 0.707. The normalized spacial score (nSPS) is 11.7. The van der Waals surface area contributed by atoms with Crippen LogP contribution >= 0.6 is 0 Å². The van der Waals surface area contributed by atoms with Gasteiger partial charge < -0.3 is 9.80 Å². The molecule has 0 aromatic heterocycles. The summed E-state index contributed by atoms with van der Waals surface area (Å²) < 4.78 is 26.4. The average Bonchev–Trinajstić information content (AvgIpc) is 2.63. The molecule has 0 atom stereocenters. The van der Waals surface area contributed by atoms with Gasteiger partial charge in [0.15, 0.2) is 0 Å². The number of para-hydroxylation sites is 1. The number of hydrogen-bond acceptors (Lipinski definition) is 4. The molecule has 26 heavy (non-hydrogen) atoms. The number of benzene rings is 2. The van der Waals surface area contributed by atoms with Gasteiger partial charge in [0.05, 0.1) is 11.4 Å². The molecule has 0 saturated carbocycles. The van der Waals surface area contributed by atoms with E-state index in [9.17, 15) is 13.2 Å². The van der Waals surface area contributed by atoms with Crippen molar-refractivity contribution in [1.82, 2.24) is 9.21 Å². The molecule has 1 amide bonds. The maximum absolute atomic E-state index is 12.8. The SMILES string of the molecule is CN(C)CCN(C(=O)CN(C)S(=O)(=O)c1ccccc1)c1ccccc1. The van der Waals surface area contributed by atoms with Crippen LogP contribution in [0.1, 0.15) is 0 Å². The average molecular weight is 375 g/mol. The molecule has 2 aromatic carbocycles. The van der Waals surface area contributed by atoms with E-state index in [1.165, 1.54) is 19.2 Å². The van der Waals surface area contributed by atoms with E-state index in [-0.39, 0.29) is 17.3 Å². The van der Waals surface area contributed by atoms with Crippen LogP contribution in [-0.4, -0.2) is 64.3 Å². The fourth-order valence-electron chi connectivity index (χ4n) is 2.44. The number of carbonyl (C=O) groups is 1. The van der Waals surface area contributed by atoms with E-state index in [0.29, 0.717) is 13.1 Å². The molecule has 0 unspecified atom stereocenters. The van der Waals surface area contributed by atoms with Gasteiger partial charge in [0.25, 0.3) is 0 Å². The maximum atomic E-state index is 12.8. The minimum Gasteiger partial charge on any atom is -0.310 e. The zero-order valence-electron chi connectivity index (χ0n) is 15.4. The van der Waals surface area contributed by atoms with Crippen LogP contribution in [0.25, 0.3) is 0 Å². The lowest BCUT2D eigenvalue weighted by Gasteiger charge is -2.26. The molecule has 140 valence electrons. The van der Waals surface area contributed by atoms with Gasteiger partial charge in [-0.05, 0) is 38.4 Å². The number of amides is 1. The van der Waals surface area contributed by atoms with Crippen molar-refractivity contribution in [3.63, 3.8) is 0 Å². The highest BCUT2D eigenvalue weighted by Gasteiger charge is 2.25. The Bertz CT molecular complexity index is 808. The van der Waals surface area contributed by atoms with Gasteiger partial charge in [0.2, 0.25) is 15.9 Å². The molecule has 7 heteroatoms. The summed E-state index contributed by atoms with van der Waals surface area (Å²) in [5.74, 6) is -0.264. The number of likely N-dealkylation sites (N-methyl/N-ethyl adjacent to an activating group) is 2. The topological polar surface area (TPSA) is 60.9 Å². The van der Waals surface area contributed by atoms with Crippen molar-refractivity contribution in [2.75, 3.05) is 45.7 Å². The fourth-order valence-corrected chi connectivity index (χ4v) is 3.58. The van der Waals surface area contributed by atoms with Crippen molar-refractivity contribution in [3.8, 4) is 0 Å². The molecule has 0 aliphatic carbocycles. The standard InChI is InChI=1S/C19H25N3O3S/c1-20(2)14-15-22(17-10-6-4-7-11-17)19(23)16-21(3)26(24,25)18-12-8-5-9-13-18/h4-13H,14-16H2,1-3H3. The molecule has 0 radical (unpaired) electrons. The summed E-state index contributed by atoms with van der Waals surface area (Å²) in [6, 6.07) is 17.4. The van der Waals surface area contributed by atoms with Crippen LogP contribution in [0.15, 0.2) is 65.6 Å². The Morgan fingerprint density at radius 2 is 1.38 bits per heavy atom. The maximum Gasteiger partial charge on any atom is 0.243 e. The molecule has 6 nitrogen and oxygen atoms in total. The Morgan fingerprint density at radius 1 is 0.846 bits per heavy atom. The molecule has 2 rings (SSSR count). The third-order valence-corrected chi connectivity index (χ3v) is 5.77. The lowest BCUT2D eigenvalue weighted by atomic mass is 10.2. The summed E-state index contributed by atoms with van der Waals surface area (Å²) in [5.41, 5.74) is 0.754. The van der Waals surface area contributed by atoms with Crippen LogP contribution in [0.3, 0.4) is 0 Å². The number of anilines is 1. The lowest BCUT2D eigenvalue weighted by molar-refractivity contribution is -0.118. The Balaban J connectivity index is 2.18. The summed E-state index contributed by atoms with van der Waals surface area (Å²) in [4.78, 5) is 16.6. The van der Waals surface area contributed by atoms with Gasteiger partial charge in [-0.25, -0.2) is 8.42 Å². The fraction of sp³-hybridized carbons (Fsp3) is 0.316. The molecule has 0 spiro atoms. The summed E-state index contributed by atoms with van der Waals surface area (Å²) in [5, 5.41) is 0. The van der Waals surface area contributed by atoms with Gasteiger partial charge in [-0.15, -0.1) is 0 Å². The van der Waals surface area contributed by atoms with Crippen LogP contribution in [-0.2, 0) is 14.8 Å². The van der Waals surface area contributed by atoms with Crippen molar-refractivity contribution in [2.45, 2.75) is 4.90 Å². The van der Waals surface area contributed by atoms with Crippen LogP contribution in [0.4, 0.5) is 5.69 Å². The molecular formula is C19H25N3O3S. The highest BCUT2D eigenvalue weighted by Crippen LogP contribution is 2.17. The van der Waals surface area contributed by atoms with Crippen molar-refractivity contribution < 1.29 is 13.2 Å². The third kappa shape index (κ3) is 5.14. The molecule has 0 bridgehead atoms. The van der Waals surface area contributed by atoms with E-state index >= 15 is 0 Å². The summed E-state index contributed by atoms with van der Waals surface area (Å²) in [6.45, 7) is 0.935. The molecular weight excluding hydrogens is 350 g/mol. The lowest BCUT2D eigenvalue weighted by Crippen LogP contribution is -2.43. The second-order valence-corrected chi connectivity index (χ2v) is 8.30. The molecule has 0 saturated heterocycles. The second-order valence-electron chi connectivity index (χ2n) is 6.26. The summed E-state index contributed by atoms with van der Waals surface area (Å²) >= 11 is 0. The molecule has 0 aliphatic heterocycles. The van der Waals surface area contributed by atoms with Crippen LogP contribution < -0.4 is 4.90 Å². The van der Waals surface area contributed by atoms with Crippen LogP contribution in [0, 0.1) is 0 Å². The highest BCUT2D eigenvalue weighted by molar-refractivity contribution is 7.89. The first-order valence-corrected chi connectivity index (χ1v) is 9.78. The molecule has 0 aliphatic rings. The Labute approximate surface area is 155 Å². The Hall–Kier alpha value is -2.22. The van der Waals surface area contributed by atoms with E-state index < -0.39 is 10.0 Å². The minimum absolute atomic E-state index is 0.176. The smallest absolute Gasteiger partial charge is 0.243 e. The van der Waals surface area contributed by atoms with Gasteiger partial charge in [-0.2, -0.15) is 4.31 Å². The predicted molar refractivity (Wildman–Crippen MR) is 104 cm³/mol. The number of rotatable bonds is 8. The van der Waals surface area contributed by atoms with Crippen molar-refractivity contribution in [3.05, 3.63) is 60.7 Å². The highest BCUT2D eigenvalue weighted by atomic mass is 32.2. The van der Waals surface area contributed by atoms with Gasteiger partial charge in [-0.3, -0.25) is 4.79 Å². The number of sulfonamides is 1. The third-order valence-electron chi connectivity index (χ3n) is 3.95. The van der Waals surface area contributed by atoms with E-state index in [4.69, 9.17) is 0 Å². The van der Waals surface area contributed by atoms with Gasteiger partial charge in [0.1, 0.15) is 0 Å². The van der Waals surface area contributed by atoms with Gasteiger partial charge in [-0.1, -0.05) is 36.4 Å².